The maximum Gasteiger partial charge on any atom is -0.0224 e. The largest absolute Gasteiger partial charge is 0.0654 e. The van der Waals surface area contributed by atoms with Crippen molar-refractivity contribution >= 4 is 0 Å². The Morgan fingerprint density at radius 3 is 2.04 bits per heavy atom. The Hall–Kier alpha value is 0. The van der Waals surface area contributed by atoms with E-state index in [1.807, 2.05) is 0 Å². The number of rotatable bonds is 2. The molecule has 1 spiro atoms. The van der Waals surface area contributed by atoms with Gasteiger partial charge >= 0.3 is 0 Å². The van der Waals surface area contributed by atoms with Gasteiger partial charge in [-0.1, -0.05) is 19.8 Å². The first-order chi connectivity index (χ1) is 11.8. The third-order valence-corrected chi connectivity index (χ3v) is 12.2. The molecule has 0 amide bonds. The second-order valence-corrected chi connectivity index (χ2v) is 12.2. The minimum Gasteiger partial charge on any atom is -0.0654 e. The van der Waals surface area contributed by atoms with Crippen molar-refractivity contribution < 1.29 is 0 Å². The van der Waals surface area contributed by atoms with Crippen molar-refractivity contribution in [3.05, 3.63) is 0 Å². The van der Waals surface area contributed by atoms with Gasteiger partial charge < -0.3 is 0 Å². The van der Waals surface area contributed by atoms with Crippen LogP contribution in [0.3, 0.4) is 0 Å². The summed E-state index contributed by atoms with van der Waals surface area (Å²) in [4.78, 5) is 0. The zero-order chi connectivity index (χ0) is 15.4. The van der Waals surface area contributed by atoms with E-state index in [9.17, 15) is 0 Å². The fourth-order valence-electron chi connectivity index (χ4n) is 12.8. The SMILES string of the molecule is CCCC1CC2C3CC45CC6CC7C8CC(C2C74)C(C3C1)C5C8C6. The predicted molar refractivity (Wildman–Crippen MR) is 95.0 cm³/mol. The second-order valence-electron chi connectivity index (χ2n) is 12.2. The van der Waals surface area contributed by atoms with Gasteiger partial charge in [-0.25, -0.2) is 0 Å². The van der Waals surface area contributed by atoms with Gasteiger partial charge in [-0.3, -0.25) is 0 Å². The molecule has 0 saturated heterocycles. The topological polar surface area (TPSA) is 0 Å². The van der Waals surface area contributed by atoms with Crippen molar-refractivity contribution in [2.45, 2.75) is 64.7 Å². The monoisotopic (exact) mass is 322 g/mol. The Bertz CT molecular complexity index is 580. The summed E-state index contributed by atoms with van der Waals surface area (Å²) in [5.74, 6) is 15.8. The van der Waals surface area contributed by atoms with Crippen LogP contribution in [0.5, 0.6) is 0 Å². The standard InChI is InChI=1S/C24H34/c1-2-3-11-4-14-19-10-24-9-12-6-16-13-8-18(20(14)22(16)24)21(15(19)5-11)23(24)17(13)7-12/h11-23H,2-10H2,1H3. The van der Waals surface area contributed by atoms with Crippen LogP contribution in [0.15, 0.2) is 0 Å². The lowest BCUT2D eigenvalue weighted by Gasteiger charge is -2.86. The molecule has 11 saturated carbocycles. The van der Waals surface area contributed by atoms with Gasteiger partial charge in [-0.15, -0.1) is 0 Å². The lowest BCUT2D eigenvalue weighted by molar-refractivity contribution is -0.383. The molecule has 0 nitrogen and oxygen atoms in total. The van der Waals surface area contributed by atoms with Gasteiger partial charge in [0.25, 0.3) is 0 Å². The molecule has 11 fully saturated rings. The highest BCUT2D eigenvalue weighted by atomic mass is 14.9. The highest BCUT2D eigenvalue weighted by Crippen LogP contribution is 2.87. The van der Waals surface area contributed by atoms with Crippen molar-refractivity contribution in [1.82, 2.24) is 0 Å². The first kappa shape index (κ1) is 13.2. The highest BCUT2D eigenvalue weighted by molar-refractivity contribution is 5.29. The van der Waals surface area contributed by atoms with E-state index >= 15 is 0 Å². The van der Waals surface area contributed by atoms with Crippen LogP contribution in [-0.4, -0.2) is 0 Å². The van der Waals surface area contributed by atoms with Gasteiger partial charge in [-0.05, 0) is 127 Å². The van der Waals surface area contributed by atoms with E-state index in [2.05, 4.69) is 6.92 Å². The Kier molecular flexibility index (Phi) is 2.10. The molecule has 24 heavy (non-hydrogen) atoms. The third kappa shape index (κ3) is 1.12. The zero-order valence-corrected chi connectivity index (χ0v) is 15.4. The van der Waals surface area contributed by atoms with E-state index in [4.69, 9.17) is 0 Å². The van der Waals surface area contributed by atoms with Crippen molar-refractivity contribution in [2.24, 2.45) is 82.3 Å². The first-order valence-electron chi connectivity index (χ1n) is 11.8. The van der Waals surface area contributed by atoms with Crippen molar-refractivity contribution in [2.75, 3.05) is 0 Å². The van der Waals surface area contributed by atoms with Gasteiger partial charge in [0.1, 0.15) is 0 Å². The third-order valence-electron chi connectivity index (χ3n) is 12.2. The quantitative estimate of drug-likeness (QED) is 0.618. The summed E-state index contributed by atoms with van der Waals surface area (Å²) in [6.07, 6.45) is 14.9. The number of hydrogen-bond donors (Lipinski definition) is 0. The average molecular weight is 323 g/mol. The summed E-state index contributed by atoms with van der Waals surface area (Å²) in [6.45, 7) is 2.44. The second kappa shape index (κ2) is 3.82. The van der Waals surface area contributed by atoms with Crippen LogP contribution in [0, 0.1) is 82.3 Å². The van der Waals surface area contributed by atoms with E-state index in [-0.39, 0.29) is 0 Å². The van der Waals surface area contributed by atoms with E-state index in [0.717, 1.165) is 11.3 Å². The fraction of sp³-hybridized carbons (Fsp3) is 1.00. The Balaban J connectivity index is 1.33. The van der Waals surface area contributed by atoms with Crippen LogP contribution >= 0.6 is 0 Å². The van der Waals surface area contributed by atoms with Crippen LogP contribution < -0.4 is 0 Å². The minimum absolute atomic E-state index is 0.925. The van der Waals surface area contributed by atoms with Gasteiger partial charge in [0.15, 0.2) is 0 Å². The fourth-order valence-corrected chi connectivity index (χ4v) is 12.8. The molecular formula is C24H34. The molecule has 8 atom stereocenters. The van der Waals surface area contributed by atoms with Gasteiger partial charge in [0.2, 0.25) is 0 Å². The Labute approximate surface area is 147 Å². The molecular weight excluding hydrogens is 288 g/mol. The molecule has 13 bridgehead atoms. The molecule has 0 radical (unpaired) electrons. The van der Waals surface area contributed by atoms with E-state index in [1.54, 1.807) is 51.4 Å². The highest BCUT2D eigenvalue weighted by Gasteiger charge is 2.81. The van der Waals surface area contributed by atoms with Gasteiger partial charge in [-0.2, -0.15) is 0 Å². The first-order valence-corrected chi connectivity index (χ1v) is 11.8. The normalized spacial score (nSPS) is 74.6. The van der Waals surface area contributed by atoms with Gasteiger partial charge in [0, 0.05) is 0 Å². The summed E-state index contributed by atoms with van der Waals surface area (Å²) < 4.78 is 0. The van der Waals surface area contributed by atoms with Crippen LogP contribution in [-0.2, 0) is 0 Å². The molecule has 0 N–H and O–H groups in total. The predicted octanol–water partition coefficient (Wildman–Crippen LogP) is 5.62. The number of hydrogen-bond acceptors (Lipinski definition) is 0. The summed E-state index contributed by atoms with van der Waals surface area (Å²) in [6, 6.07) is 0. The average Bonchev–Trinajstić information content (AvgIpc) is 2.58. The lowest BCUT2D eigenvalue weighted by Crippen LogP contribution is -2.81. The van der Waals surface area contributed by atoms with Crippen LogP contribution in [0.4, 0.5) is 0 Å². The summed E-state index contributed by atoms with van der Waals surface area (Å²) in [5.41, 5.74) is 0.925. The molecule has 0 aromatic carbocycles. The Morgan fingerprint density at radius 2 is 1.38 bits per heavy atom. The van der Waals surface area contributed by atoms with E-state index in [1.165, 1.54) is 77.4 Å². The van der Waals surface area contributed by atoms with Crippen LogP contribution in [0.25, 0.3) is 0 Å². The molecule has 11 aliphatic rings. The zero-order valence-electron chi connectivity index (χ0n) is 15.4. The molecule has 0 aromatic heterocycles. The molecule has 8 unspecified atom stereocenters. The lowest BCUT2D eigenvalue weighted by atomic mass is 9.18. The summed E-state index contributed by atoms with van der Waals surface area (Å²) in [5, 5.41) is 0. The minimum atomic E-state index is 0.925. The van der Waals surface area contributed by atoms with Crippen LogP contribution in [0.1, 0.15) is 64.7 Å². The molecule has 11 rings (SSSR count). The van der Waals surface area contributed by atoms with Gasteiger partial charge in [0.05, 0.1) is 0 Å². The maximum absolute atomic E-state index is 2.44. The summed E-state index contributed by atoms with van der Waals surface area (Å²) >= 11 is 0. The van der Waals surface area contributed by atoms with Crippen molar-refractivity contribution in [3.63, 3.8) is 0 Å². The molecule has 130 valence electrons. The van der Waals surface area contributed by atoms with E-state index in [0.29, 0.717) is 0 Å². The molecule has 0 heterocycles. The molecule has 11 aliphatic carbocycles. The molecule has 0 aliphatic heterocycles. The van der Waals surface area contributed by atoms with Crippen LogP contribution in [0.2, 0.25) is 0 Å². The van der Waals surface area contributed by atoms with Crippen molar-refractivity contribution in [1.29, 1.82) is 0 Å². The summed E-state index contributed by atoms with van der Waals surface area (Å²) in [7, 11) is 0. The van der Waals surface area contributed by atoms with Crippen molar-refractivity contribution in [3.8, 4) is 0 Å². The molecule has 0 aromatic rings. The maximum atomic E-state index is 2.44. The Morgan fingerprint density at radius 1 is 0.667 bits per heavy atom. The van der Waals surface area contributed by atoms with E-state index < -0.39 is 0 Å². The molecule has 0 heteroatoms. The smallest absolute Gasteiger partial charge is 0.0224 e.